The van der Waals surface area contributed by atoms with Crippen molar-refractivity contribution in [2.75, 3.05) is 13.1 Å². The largest absolute Gasteiger partial charge is 0.328 e. The van der Waals surface area contributed by atoms with E-state index in [0.29, 0.717) is 12.3 Å². The van der Waals surface area contributed by atoms with Crippen molar-refractivity contribution in [1.82, 2.24) is 5.32 Å². The maximum Gasteiger partial charge on any atom is 0.113 e. The first-order valence-electron chi connectivity index (χ1n) is 4.62. The van der Waals surface area contributed by atoms with Crippen LogP contribution in [-0.4, -0.2) is 24.8 Å². The van der Waals surface area contributed by atoms with Gasteiger partial charge in [-0.1, -0.05) is 0 Å². The lowest BCUT2D eigenvalue weighted by Gasteiger charge is -2.17. The normalized spacial score (nSPS) is 30.5. The van der Waals surface area contributed by atoms with E-state index in [1.54, 1.807) is 0 Å². The van der Waals surface area contributed by atoms with Gasteiger partial charge in [0.1, 0.15) is 6.17 Å². The Morgan fingerprint density at radius 2 is 2.33 bits per heavy atom. The first-order chi connectivity index (χ1) is 5.53. The van der Waals surface area contributed by atoms with Crippen LogP contribution in [0.1, 0.15) is 26.7 Å². The molecule has 0 saturated carbocycles. The van der Waals surface area contributed by atoms with E-state index in [1.165, 1.54) is 0 Å². The van der Waals surface area contributed by atoms with E-state index in [2.05, 4.69) is 19.2 Å². The van der Waals surface area contributed by atoms with Crippen molar-refractivity contribution in [3.05, 3.63) is 0 Å². The lowest BCUT2D eigenvalue weighted by atomic mass is 9.93. The van der Waals surface area contributed by atoms with Crippen LogP contribution in [0.4, 0.5) is 4.39 Å². The van der Waals surface area contributed by atoms with Crippen molar-refractivity contribution in [2.45, 2.75) is 38.4 Å². The predicted molar refractivity (Wildman–Crippen MR) is 48.8 cm³/mol. The van der Waals surface area contributed by atoms with Gasteiger partial charge in [0.15, 0.2) is 0 Å². The molecule has 1 saturated heterocycles. The molecular formula is C9H19FN2. The Morgan fingerprint density at radius 1 is 1.67 bits per heavy atom. The van der Waals surface area contributed by atoms with Gasteiger partial charge < -0.3 is 11.1 Å². The van der Waals surface area contributed by atoms with E-state index in [4.69, 9.17) is 5.73 Å². The lowest BCUT2D eigenvalue weighted by Crippen LogP contribution is -2.31. The molecule has 0 aromatic rings. The third kappa shape index (κ3) is 2.72. The first kappa shape index (κ1) is 9.93. The van der Waals surface area contributed by atoms with Gasteiger partial charge in [-0.25, -0.2) is 4.39 Å². The van der Waals surface area contributed by atoms with Gasteiger partial charge in [-0.2, -0.15) is 0 Å². The van der Waals surface area contributed by atoms with Gasteiger partial charge in [-0.05, 0) is 39.2 Å². The van der Waals surface area contributed by atoms with E-state index in [9.17, 15) is 4.39 Å². The summed E-state index contributed by atoms with van der Waals surface area (Å²) in [5.74, 6) is 0.471. The van der Waals surface area contributed by atoms with Crippen molar-refractivity contribution >= 4 is 0 Å². The fourth-order valence-electron chi connectivity index (χ4n) is 1.91. The minimum atomic E-state index is -0.814. The zero-order chi connectivity index (χ0) is 9.19. The van der Waals surface area contributed by atoms with E-state index in [0.717, 1.165) is 13.0 Å². The van der Waals surface area contributed by atoms with Crippen LogP contribution in [0.15, 0.2) is 0 Å². The second-order valence-electron chi connectivity index (χ2n) is 4.40. The molecule has 0 aliphatic carbocycles. The number of hydrogen-bond acceptors (Lipinski definition) is 2. The van der Waals surface area contributed by atoms with Gasteiger partial charge in [0, 0.05) is 12.1 Å². The van der Waals surface area contributed by atoms with E-state index in [-0.39, 0.29) is 12.1 Å². The summed E-state index contributed by atoms with van der Waals surface area (Å²) in [5, 5.41) is 3.37. The van der Waals surface area contributed by atoms with Gasteiger partial charge >= 0.3 is 0 Å². The van der Waals surface area contributed by atoms with Crippen LogP contribution in [0.2, 0.25) is 0 Å². The zero-order valence-corrected chi connectivity index (χ0v) is 7.94. The van der Waals surface area contributed by atoms with Crippen LogP contribution < -0.4 is 11.1 Å². The Labute approximate surface area is 73.7 Å². The van der Waals surface area contributed by atoms with Gasteiger partial charge in [-0.3, -0.25) is 0 Å². The summed E-state index contributed by atoms with van der Waals surface area (Å²) in [5.41, 5.74) is 5.42. The van der Waals surface area contributed by atoms with Gasteiger partial charge in [-0.15, -0.1) is 0 Å². The third-order valence-electron chi connectivity index (χ3n) is 2.51. The molecule has 0 bridgehead atoms. The molecule has 3 N–H and O–H groups in total. The smallest absolute Gasteiger partial charge is 0.113 e. The van der Waals surface area contributed by atoms with Crippen LogP contribution in [-0.2, 0) is 0 Å². The molecular weight excluding hydrogens is 155 g/mol. The molecule has 3 heteroatoms. The second-order valence-corrected chi connectivity index (χ2v) is 4.40. The Balaban J connectivity index is 2.28. The van der Waals surface area contributed by atoms with Gasteiger partial charge in [0.2, 0.25) is 0 Å². The van der Waals surface area contributed by atoms with Crippen molar-refractivity contribution in [3.63, 3.8) is 0 Å². The molecule has 0 spiro atoms. The molecule has 1 fully saturated rings. The topological polar surface area (TPSA) is 38.0 Å². The molecule has 0 aromatic heterocycles. The van der Waals surface area contributed by atoms with Gasteiger partial charge in [0.25, 0.3) is 0 Å². The van der Waals surface area contributed by atoms with Crippen molar-refractivity contribution < 1.29 is 4.39 Å². The van der Waals surface area contributed by atoms with Crippen LogP contribution in [0.5, 0.6) is 0 Å². The summed E-state index contributed by atoms with van der Waals surface area (Å²) in [6.45, 7) is 5.41. The summed E-state index contributed by atoms with van der Waals surface area (Å²) in [7, 11) is 0. The minimum Gasteiger partial charge on any atom is -0.328 e. The molecule has 2 unspecified atom stereocenters. The maximum absolute atomic E-state index is 12.9. The number of alkyl halides is 1. The average molecular weight is 174 g/mol. The molecule has 1 aliphatic heterocycles. The molecule has 0 radical (unpaired) electrons. The molecule has 12 heavy (non-hydrogen) atoms. The predicted octanol–water partition coefficient (Wildman–Crippen LogP) is 1.06. The number of hydrogen-bond donors (Lipinski definition) is 2. The van der Waals surface area contributed by atoms with Crippen molar-refractivity contribution in [3.8, 4) is 0 Å². The minimum absolute atomic E-state index is 0.164. The molecule has 2 nitrogen and oxygen atoms in total. The Morgan fingerprint density at radius 3 is 2.75 bits per heavy atom. The highest BCUT2D eigenvalue weighted by Gasteiger charge is 2.31. The summed E-state index contributed by atoms with van der Waals surface area (Å²) < 4.78 is 12.9. The van der Waals surface area contributed by atoms with Gasteiger partial charge in [0.05, 0.1) is 0 Å². The fraction of sp³-hybridized carbons (Fsp3) is 1.00. The number of halogens is 1. The molecule has 0 amide bonds. The molecule has 1 rings (SSSR count). The highest BCUT2D eigenvalue weighted by atomic mass is 19.1. The first-order valence-corrected chi connectivity index (χ1v) is 4.62. The van der Waals surface area contributed by atoms with E-state index in [1.807, 2.05) is 0 Å². The number of rotatable bonds is 3. The maximum atomic E-state index is 12.9. The lowest BCUT2D eigenvalue weighted by molar-refractivity contribution is 0.277. The van der Waals surface area contributed by atoms with E-state index >= 15 is 0 Å². The third-order valence-corrected chi connectivity index (χ3v) is 2.51. The van der Waals surface area contributed by atoms with Crippen LogP contribution in [0, 0.1) is 5.92 Å². The van der Waals surface area contributed by atoms with Crippen LogP contribution in [0.3, 0.4) is 0 Å². The molecule has 1 aliphatic rings. The molecule has 72 valence electrons. The summed E-state index contributed by atoms with van der Waals surface area (Å²) >= 11 is 0. The monoisotopic (exact) mass is 174 g/mol. The number of nitrogens with one attached hydrogen (secondary N) is 1. The second kappa shape index (κ2) is 3.71. The summed E-state index contributed by atoms with van der Waals surface area (Å²) in [6.07, 6.45) is 0.867. The van der Waals surface area contributed by atoms with Crippen LogP contribution in [0.25, 0.3) is 0 Å². The highest BCUT2D eigenvalue weighted by Crippen LogP contribution is 2.26. The van der Waals surface area contributed by atoms with Crippen molar-refractivity contribution in [1.29, 1.82) is 0 Å². The quantitative estimate of drug-likeness (QED) is 0.671. The standard InChI is InChI=1S/C9H19FN2/c1-9(2)4-7(6-12-9)3-8(10)5-11/h7-8,12H,3-6,11H2,1-2H3. The summed E-state index contributed by atoms with van der Waals surface area (Å²) in [6, 6.07) is 0. The van der Waals surface area contributed by atoms with Crippen LogP contribution >= 0.6 is 0 Å². The molecule has 2 atom stereocenters. The Bertz CT molecular complexity index is 147. The Kier molecular flexibility index (Phi) is 3.07. The Hall–Kier alpha value is -0.150. The van der Waals surface area contributed by atoms with Crippen molar-refractivity contribution in [2.24, 2.45) is 11.7 Å². The average Bonchev–Trinajstić information content (AvgIpc) is 2.30. The fourth-order valence-corrected chi connectivity index (χ4v) is 1.91. The molecule has 1 heterocycles. The highest BCUT2D eigenvalue weighted by molar-refractivity contribution is 4.90. The zero-order valence-electron chi connectivity index (χ0n) is 7.94. The van der Waals surface area contributed by atoms with E-state index < -0.39 is 6.17 Å². The number of nitrogens with two attached hydrogens (primary N) is 1. The summed E-state index contributed by atoms with van der Waals surface area (Å²) in [4.78, 5) is 0. The molecule has 0 aromatic carbocycles. The SMILES string of the molecule is CC1(C)CC(CC(F)CN)CN1.